The molecule has 0 atom stereocenters. The van der Waals surface area contributed by atoms with E-state index >= 15 is 0 Å². The van der Waals surface area contributed by atoms with Gasteiger partial charge in [0, 0.05) is 6.42 Å². The standard InChI is InChI=1S/C8H15N3O2/c9-5-8(2-1-3-8)4-6(12)11-7(10)13/h1-5,9H2,(H3,10,11,12,13). The molecule has 0 saturated heterocycles. The van der Waals surface area contributed by atoms with Crippen LogP contribution in [0.3, 0.4) is 0 Å². The second-order valence-electron chi connectivity index (χ2n) is 3.65. The molecule has 0 radical (unpaired) electrons. The van der Waals surface area contributed by atoms with Crippen LogP contribution >= 0.6 is 0 Å². The summed E-state index contributed by atoms with van der Waals surface area (Å²) in [5, 5.41) is 2.05. The SMILES string of the molecule is NCC1(CC(=O)NC(N)=O)CCC1. The Hall–Kier alpha value is -1.10. The smallest absolute Gasteiger partial charge is 0.318 e. The summed E-state index contributed by atoms with van der Waals surface area (Å²) >= 11 is 0. The highest BCUT2D eigenvalue weighted by molar-refractivity contribution is 5.93. The van der Waals surface area contributed by atoms with Crippen LogP contribution in [0.4, 0.5) is 4.79 Å². The summed E-state index contributed by atoms with van der Waals surface area (Å²) in [7, 11) is 0. The van der Waals surface area contributed by atoms with Crippen LogP contribution in [0.1, 0.15) is 25.7 Å². The van der Waals surface area contributed by atoms with Crippen LogP contribution in [0, 0.1) is 5.41 Å². The van der Waals surface area contributed by atoms with Gasteiger partial charge >= 0.3 is 6.03 Å². The lowest BCUT2D eigenvalue weighted by Gasteiger charge is -2.40. The van der Waals surface area contributed by atoms with Crippen molar-refractivity contribution in [2.45, 2.75) is 25.7 Å². The van der Waals surface area contributed by atoms with E-state index < -0.39 is 6.03 Å². The molecule has 74 valence electrons. The third-order valence-corrected chi connectivity index (χ3v) is 2.65. The molecule has 0 unspecified atom stereocenters. The van der Waals surface area contributed by atoms with Gasteiger partial charge in [0.1, 0.15) is 0 Å². The molecule has 0 aromatic rings. The van der Waals surface area contributed by atoms with Crippen molar-refractivity contribution in [1.82, 2.24) is 5.32 Å². The van der Waals surface area contributed by atoms with Gasteiger partial charge in [-0.3, -0.25) is 10.1 Å². The summed E-state index contributed by atoms with van der Waals surface area (Å²) in [6.45, 7) is 0.499. The molecule has 0 aromatic heterocycles. The fourth-order valence-electron chi connectivity index (χ4n) is 1.65. The molecular formula is C8H15N3O2. The van der Waals surface area contributed by atoms with Crippen molar-refractivity contribution in [3.63, 3.8) is 0 Å². The second-order valence-corrected chi connectivity index (χ2v) is 3.65. The maximum absolute atomic E-state index is 11.2. The summed E-state index contributed by atoms with van der Waals surface area (Å²) in [5.41, 5.74) is 10.3. The Kier molecular flexibility index (Phi) is 2.87. The van der Waals surface area contributed by atoms with E-state index in [-0.39, 0.29) is 11.3 Å². The molecule has 1 aliphatic rings. The number of hydrogen-bond donors (Lipinski definition) is 3. The number of nitrogens with one attached hydrogen (secondary N) is 1. The molecule has 0 aliphatic heterocycles. The Morgan fingerprint density at radius 3 is 2.31 bits per heavy atom. The number of hydrogen-bond acceptors (Lipinski definition) is 3. The lowest BCUT2D eigenvalue weighted by Crippen LogP contribution is -2.44. The monoisotopic (exact) mass is 185 g/mol. The summed E-state index contributed by atoms with van der Waals surface area (Å²) < 4.78 is 0. The zero-order valence-corrected chi connectivity index (χ0v) is 7.51. The van der Waals surface area contributed by atoms with Crippen molar-refractivity contribution in [3.8, 4) is 0 Å². The zero-order valence-electron chi connectivity index (χ0n) is 7.51. The first kappa shape index (κ1) is 9.98. The maximum Gasteiger partial charge on any atom is 0.318 e. The molecule has 1 aliphatic carbocycles. The Balaban J connectivity index is 2.38. The maximum atomic E-state index is 11.2. The minimum Gasteiger partial charge on any atom is -0.351 e. The molecule has 5 N–H and O–H groups in total. The number of amides is 3. The molecule has 1 saturated carbocycles. The number of nitrogens with two attached hydrogens (primary N) is 2. The number of primary amides is 1. The number of imide groups is 1. The van der Waals surface area contributed by atoms with E-state index in [1.54, 1.807) is 0 Å². The van der Waals surface area contributed by atoms with E-state index in [0.29, 0.717) is 13.0 Å². The van der Waals surface area contributed by atoms with Gasteiger partial charge in [0.15, 0.2) is 0 Å². The summed E-state index contributed by atoms with van der Waals surface area (Å²) in [6.07, 6.45) is 3.36. The van der Waals surface area contributed by atoms with Gasteiger partial charge in [0.05, 0.1) is 0 Å². The predicted octanol–water partition coefficient (Wildman–Crippen LogP) is -0.300. The number of carbonyl (C=O) groups is 2. The minimum absolute atomic E-state index is 0.0699. The molecule has 1 rings (SSSR count). The average molecular weight is 185 g/mol. The Bertz CT molecular complexity index is 218. The summed E-state index contributed by atoms with van der Waals surface area (Å²) in [6, 6.07) is -0.795. The molecule has 1 fully saturated rings. The van der Waals surface area contributed by atoms with Crippen molar-refractivity contribution in [2.24, 2.45) is 16.9 Å². The Morgan fingerprint density at radius 1 is 1.38 bits per heavy atom. The number of rotatable bonds is 3. The fourth-order valence-corrected chi connectivity index (χ4v) is 1.65. The highest BCUT2D eigenvalue weighted by atomic mass is 16.2. The van der Waals surface area contributed by atoms with Crippen LogP contribution in [0.5, 0.6) is 0 Å². The quantitative estimate of drug-likeness (QED) is 0.563. The van der Waals surface area contributed by atoms with Gasteiger partial charge in [-0.05, 0) is 24.8 Å². The van der Waals surface area contributed by atoms with Crippen molar-refractivity contribution in [3.05, 3.63) is 0 Å². The van der Waals surface area contributed by atoms with Gasteiger partial charge in [-0.2, -0.15) is 0 Å². The average Bonchev–Trinajstić information content (AvgIpc) is 1.95. The van der Waals surface area contributed by atoms with Crippen molar-refractivity contribution < 1.29 is 9.59 Å². The lowest BCUT2D eigenvalue weighted by molar-refractivity contribution is -0.123. The lowest BCUT2D eigenvalue weighted by atomic mass is 9.66. The van der Waals surface area contributed by atoms with Gasteiger partial charge < -0.3 is 11.5 Å². The summed E-state index contributed by atoms with van der Waals surface area (Å²) in [4.78, 5) is 21.5. The third-order valence-electron chi connectivity index (χ3n) is 2.65. The van der Waals surface area contributed by atoms with Crippen LogP contribution in [0.15, 0.2) is 0 Å². The largest absolute Gasteiger partial charge is 0.351 e. The van der Waals surface area contributed by atoms with E-state index in [9.17, 15) is 9.59 Å². The zero-order chi connectivity index (χ0) is 9.90. The van der Waals surface area contributed by atoms with Crippen LogP contribution in [0.2, 0.25) is 0 Å². The molecular weight excluding hydrogens is 170 g/mol. The molecule has 5 nitrogen and oxygen atoms in total. The Morgan fingerprint density at radius 2 is 2.00 bits per heavy atom. The van der Waals surface area contributed by atoms with E-state index in [2.05, 4.69) is 0 Å². The van der Waals surface area contributed by atoms with Gasteiger partial charge in [0.2, 0.25) is 5.91 Å². The van der Waals surface area contributed by atoms with Crippen molar-refractivity contribution in [2.75, 3.05) is 6.54 Å². The van der Waals surface area contributed by atoms with E-state index in [1.807, 2.05) is 5.32 Å². The number of urea groups is 1. The van der Waals surface area contributed by atoms with Crippen molar-refractivity contribution in [1.29, 1.82) is 0 Å². The molecule has 0 heterocycles. The fraction of sp³-hybridized carbons (Fsp3) is 0.750. The molecule has 13 heavy (non-hydrogen) atoms. The van der Waals surface area contributed by atoms with Crippen LogP contribution in [0.25, 0.3) is 0 Å². The van der Waals surface area contributed by atoms with E-state index in [4.69, 9.17) is 11.5 Å². The normalized spacial score (nSPS) is 18.8. The van der Waals surface area contributed by atoms with Gasteiger partial charge in [-0.15, -0.1) is 0 Å². The van der Waals surface area contributed by atoms with E-state index in [0.717, 1.165) is 19.3 Å². The molecule has 5 heteroatoms. The van der Waals surface area contributed by atoms with Crippen LogP contribution in [-0.2, 0) is 4.79 Å². The predicted molar refractivity (Wildman–Crippen MR) is 47.7 cm³/mol. The molecule has 0 bridgehead atoms. The number of carbonyl (C=O) groups excluding carboxylic acids is 2. The first-order chi connectivity index (χ1) is 6.08. The van der Waals surface area contributed by atoms with Crippen molar-refractivity contribution >= 4 is 11.9 Å². The second kappa shape index (κ2) is 3.74. The highest BCUT2D eigenvalue weighted by Gasteiger charge is 2.37. The van der Waals surface area contributed by atoms with Crippen LogP contribution in [-0.4, -0.2) is 18.5 Å². The van der Waals surface area contributed by atoms with Crippen LogP contribution < -0.4 is 16.8 Å². The van der Waals surface area contributed by atoms with Gasteiger partial charge in [-0.25, -0.2) is 4.79 Å². The molecule has 0 spiro atoms. The summed E-state index contributed by atoms with van der Waals surface area (Å²) in [5.74, 6) is -0.322. The molecule has 3 amide bonds. The van der Waals surface area contributed by atoms with Gasteiger partial charge in [-0.1, -0.05) is 6.42 Å². The van der Waals surface area contributed by atoms with E-state index in [1.165, 1.54) is 0 Å². The highest BCUT2D eigenvalue weighted by Crippen LogP contribution is 2.42. The topological polar surface area (TPSA) is 98.2 Å². The third kappa shape index (κ3) is 2.42. The first-order valence-corrected chi connectivity index (χ1v) is 4.37. The Labute approximate surface area is 76.8 Å². The minimum atomic E-state index is -0.795. The molecule has 0 aromatic carbocycles. The van der Waals surface area contributed by atoms with Gasteiger partial charge in [0.25, 0.3) is 0 Å². The first-order valence-electron chi connectivity index (χ1n) is 4.37.